The van der Waals surface area contributed by atoms with Crippen molar-refractivity contribution in [1.29, 1.82) is 0 Å². The van der Waals surface area contributed by atoms with Crippen molar-refractivity contribution in [1.82, 2.24) is 0 Å². The lowest BCUT2D eigenvalue weighted by Gasteiger charge is -2.03. The fourth-order valence-electron chi connectivity index (χ4n) is 0.941. The van der Waals surface area contributed by atoms with Crippen molar-refractivity contribution >= 4 is 17.6 Å². The lowest BCUT2D eigenvalue weighted by Crippen LogP contribution is -2.07. The first-order chi connectivity index (χ1) is 6.72. The number of aromatic hydroxyl groups is 1. The molecule has 76 valence electrons. The Kier molecular flexibility index (Phi) is 4.26. The van der Waals surface area contributed by atoms with Crippen LogP contribution >= 0.6 is 11.6 Å². The van der Waals surface area contributed by atoms with Crippen molar-refractivity contribution in [2.24, 2.45) is 0 Å². The summed E-state index contributed by atoms with van der Waals surface area (Å²) in [5, 5.41) is 9.09. The summed E-state index contributed by atoms with van der Waals surface area (Å²) in [5.74, 6) is 0.531. The van der Waals surface area contributed by atoms with Crippen LogP contribution in [-0.4, -0.2) is 17.0 Å². The molecule has 3 nitrogen and oxygen atoms in total. The number of hydrogen-bond donors (Lipinski definition) is 1. The van der Waals surface area contributed by atoms with E-state index in [0.29, 0.717) is 24.5 Å². The average Bonchev–Trinajstić information content (AvgIpc) is 2.15. The van der Waals surface area contributed by atoms with Gasteiger partial charge in [0.1, 0.15) is 11.5 Å². The lowest BCUT2D eigenvalue weighted by molar-refractivity contribution is -0.134. The number of halogens is 1. The predicted octanol–water partition coefficient (Wildman–Crippen LogP) is 2.32. The zero-order chi connectivity index (χ0) is 10.4. The van der Waals surface area contributed by atoms with Crippen LogP contribution in [0.2, 0.25) is 0 Å². The molecule has 0 aliphatic carbocycles. The highest BCUT2D eigenvalue weighted by atomic mass is 35.5. The summed E-state index contributed by atoms with van der Waals surface area (Å²) in [5.41, 5.74) is 0. The molecule has 0 saturated heterocycles. The van der Waals surface area contributed by atoms with Crippen molar-refractivity contribution in [2.75, 3.05) is 5.88 Å². The molecule has 0 bridgehead atoms. The van der Waals surface area contributed by atoms with E-state index >= 15 is 0 Å². The van der Waals surface area contributed by atoms with Crippen LogP contribution in [0.5, 0.6) is 11.5 Å². The third-order valence-electron chi connectivity index (χ3n) is 1.56. The molecule has 0 fully saturated rings. The van der Waals surface area contributed by atoms with E-state index in [1.165, 1.54) is 12.1 Å². The minimum atomic E-state index is -0.337. The van der Waals surface area contributed by atoms with Crippen LogP contribution in [-0.2, 0) is 4.79 Å². The van der Waals surface area contributed by atoms with E-state index < -0.39 is 0 Å². The molecule has 0 atom stereocenters. The summed E-state index contributed by atoms with van der Waals surface area (Å²) in [4.78, 5) is 11.1. The zero-order valence-electron chi connectivity index (χ0n) is 7.57. The van der Waals surface area contributed by atoms with E-state index in [4.69, 9.17) is 21.4 Å². The molecule has 0 aliphatic heterocycles. The number of benzene rings is 1. The minimum absolute atomic E-state index is 0.0765. The van der Waals surface area contributed by atoms with E-state index in [1.807, 2.05) is 0 Å². The van der Waals surface area contributed by atoms with E-state index in [-0.39, 0.29) is 11.7 Å². The van der Waals surface area contributed by atoms with Gasteiger partial charge in [-0.3, -0.25) is 4.79 Å². The van der Waals surface area contributed by atoms with Crippen molar-refractivity contribution in [3.05, 3.63) is 24.3 Å². The Hall–Kier alpha value is -1.22. The molecule has 0 heterocycles. The van der Waals surface area contributed by atoms with Crippen LogP contribution in [0.15, 0.2) is 24.3 Å². The number of carbonyl (C=O) groups is 1. The van der Waals surface area contributed by atoms with Gasteiger partial charge in [0.25, 0.3) is 0 Å². The maximum atomic E-state index is 11.1. The second kappa shape index (κ2) is 5.50. The van der Waals surface area contributed by atoms with E-state index in [1.54, 1.807) is 12.1 Å². The SMILES string of the molecule is O=C(CCCCl)Oc1cccc(O)c1. The summed E-state index contributed by atoms with van der Waals surface area (Å²) in [6.45, 7) is 0. The molecule has 1 rings (SSSR count). The van der Waals surface area contributed by atoms with Gasteiger partial charge in [-0.1, -0.05) is 6.07 Å². The van der Waals surface area contributed by atoms with Gasteiger partial charge in [-0.15, -0.1) is 11.6 Å². The third-order valence-corrected chi connectivity index (χ3v) is 1.83. The van der Waals surface area contributed by atoms with Crippen molar-refractivity contribution in [3.8, 4) is 11.5 Å². The second-order valence-corrected chi connectivity index (χ2v) is 3.14. The molecule has 1 aromatic carbocycles. The minimum Gasteiger partial charge on any atom is -0.508 e. The first-order valence-electron chi connectivity index (χ1n) is 4.28. The average molecular weight is 215 g/mol. The van der Waals surface area contributed by atoms with Gasteiger partial charge in [-0.05, 0) is 18.6 Å². The van der Waals surface area contributed by atoms with Crippen LogP contribution < -0.4 is 4.74 Å². The number of phenols is 1. The highest BCUT2D eigenvalue weighted by molar-refractivity contribution is 6.17. The summed E-state index contributed by atoms with van der Waals surface area (Å²) < 4.78 is 4.94. The molecule has 0 saturated carbocycles. The fraction of sp³-hybridized carbons (Fsp3) is 0.300. The van der Waals surface area contributed by atoms with E-state index in [2.05, 4.69) is 0 Å². The molecule has 0 radical (unpaired) electrons. The fourth-order valence-corrected chi connectivity index (χ4v) is 1.07. The molecule has 0 amide bonds. The highest BCUT2D eigenvalue weighted by Crippen LogP contribution is 2.18. The van der Waals surface area contributed by atoms with Gasteiger partial charge < -0.3 is 9.84 Å². The molecular weight excluding hydrogens is 204 g/mol. The largest absolute Gasteiger partial charge is 0.508 e. The Morgan fingerprint density at radius 2 is 2.29 bits per heavy atom. The molecule has 0 spiro atoms. The van der Waals surface area contributed by atoms with Crippen LogP contribution in [0.1, 0.15) is 12.8 Å². The first-order valence-corrected chi connectivity index (χ1v) is 4.81. The Labute approximate surface area is 87.3 Å². The Morgan fingerprint density at radius 1 is 1.50 bits per heavy atom. The van der Waals surface area contributed by atoms with Crippen molar-refractivity contribution < 1.29 is 14.6 Å². The molecule has 4 heteroatoms. The smallest absolute Gasteiger partial charge is 0.311 e. The maximum Gasteiger partial charge on any atom is 0.311 e. The number of alkyl halides is 1. The van der Waals surface area contributed by atoms with Crippen LogP contribution in [0, 0.1) is 0 Å². The zero-order valence-corrected chi connectivity index (χ0v) is 8.33. The first kappa shape index (κ1) is 10.9. The Morgan fingerprint density at radius 3 is 2.93 bits per heavy atom. The van der Waals surface area contributed by atoms with Crippen molar-refractivity contribution in [2.45, 2.75) is 12.8 Å². The van der Waals surface area contributed by atoms with Gasteiger partial charge in [-0.25, -0.2) is 0 Å². The number of hydrogen-bond acceptors (Lipinski definition) is 3. The Bertz CT molecular complexity index is 312. The van der Waals surface area contributed by atoms with Gasteiger partial charge in [0, 0.05) is 18.4 Å². The van der Waals surface area contributed by atoms with Gasteiger partial charge >= 0.3 is 5.97 Å². The Balaban J connectivity index is 2.47. The summed E-state index contributed by atoms with van der Waals surface area (Å²) >= 11 is 5.43. The molecular formula is C10H11ClO3. The van der Waals surface area contributed by atoms with Gasteiger partial charge in [0.2, 0.25) is 0 Å². The molecule has 1 N–H and O–H groups in total. The normalized spacial score (nSPS) is 9.79. The number of phenolic OH excluding ortho intramolecular Hbond substituents is 1. The maximum absolute atomic E-state index is 11.1. The number of esters is 1. The number of carbonyl (C=O) groups excluding carboxylic acids is 1. The molecule has 14 heavy (non-hydrogen) atoms. The van der Waals surface area contributed by atoms with Gasteiger partial charge in [0.15, 0.2) is 0 Å². The molecule has 0 aliphatic rings. The standard InChI is InChI=1S/C10H11ClO3/c11-6-2-5-10(13)14-9-4-1-3-8(12)7-9/h1,3-4,7,12H,2,5-6H2. The van der Waals surface area contributed by atoms with Crippen LogP contribution in [0.25, 0.3) is 0 Å². The lowest BCUT2D eigenvalue weighted by atomic mass is 10.3. The van der Waals surface area contributed by atoms with E-state index in [9.17, 15) is 4.79 Å². The van der Waals surface area contributed by atoms with Crippen molar-refractivity contribution in [3.63, 3.8) is 0 Å². The molecule has 0 unspecified atom stereocenters. The van der Waals surface area contributed by atoms with Gasteiger partial charge in [0.05, 0.1) is 0 Å². The van der Waals surface area contributed by atoms with E-state index in [0.717, 1.165) is 0 Å². The second-order valence-electron chi connectivity index (χ2n) is 2.76. The third kappa shape index (κ3) is 3.66. The molecule has 1 aromatic rings. The number of rotatable bonds is 4. The van der Waals surface area contributed by atoms with Gasteiger partial charge in [-0.2, -0.15) is 0 Å². The quantitative estimate of drug-likeness (QED) is 0.475. The summed E-state index contributed by atoms with van der Waals surface area (Å²) in [6, 6.07) is 6.12. The highest BCUT2D eigenvalue weighted by Gasteiger charge is 2.04. The topological polar surface area (TPSA) is 46.5 Å². The monoisotopic (exact) mass is 214 g/mol. The summed E-state index contributed by atoms with van der Waals surface area (Å²) in [7, 11) is 0. The summed E-state index contributed by atoms with van der Waals surface area (Å²) in [6.07, 6.45) is 0.887. The van der Waals surface area contributed by atoms with Crippen LogP contribution in [0.4, 0.5) is 0 Å². The number of ether oxygens (including phenoxy) is 1. The van der Waals surface area contributed by atoms with Crippen LogP contribution in [0.3, 0.4) is 0 Å². The molecule has 0 aromatic heterocycles. The predicted molar refractivity (Wildman–Crippen MR) is 53.7 cm³/mol.